The second kappa shape index (κ2) is 9.43. The molecule has 0 unspecified atom stereocenters. The number of methoxy groups -OCH3 is 1. The normalized spacial score (nSPS) is 8.55. The molecule has 0 aliphatic rings. The third kappa shape index (κ3) is 17.7. The fraction of sp³-hybridized carbons (Fsp3) is 0.875. The molecule has 0 spiro atoms. The molecule has 0 aliphatic heterocycles. The lowest BCUT2D eigenvalue weighted by Crippen LogP contribution is -2.22. The molecule has 0 rings (SSSR count). The molecular weight excluding hydrogens is 142 g/mol. The number of hydrogen-bond acceptors (Lipinski definition) is 3. The molecule has 0 N–H and O–H groups in total. The van der Waals surface area contributed by atoms with Crippen LogP contribution in [-0.4, -0.2) is 38.6 Å². The van der Waals surface area contributed by atoms with Gasteiger partial charge in [-0.15, -0.1) is 0 Å². The Hall–Kier alpha value is -0.570. The van der Waals surface area contributed by atoms with Crippen LogP contribution in [0.25, 0.3) is 0 Å². The molecule has 0 aromatic rings. The van der Waals surface area contributed by atoms with Crippen LogP contribution < -0.4 is 0 Å². The van der Waals surface area contributed by atoms with Crippen molar-refractivity contribution >= 4 is 5.97 Å². The second-order valence-electron chi connectivity index (χ2n) is 2.52. The van der Waals surface area contributed by atoms with Gasteiger partial charge in [0.1, 0.15) is 0 Å². The van der Waals surface area contributed by atoms with Gasteiger partial charge in [0.25, 0.3) is 0 Å². The van der Waals surface area contributed by atoms with Crippen molar-refractivity contribution in [1.82, 2.24) is 4.90 Å². The van der Waals surface area contributed by atoms with Crippen LogP contribution in [0.5, 0.6) is 0 Å². The van der Waals surface area contributed by atoms with E-state index < -0.39 is 0 Å². The summed E-state index contributed by atoms with van der Waals surface area (Å²) in [5.74, 6) is -0.199. The lowest BCUT2D eigenvalue weighted by Gasteiger charge is -2.05. The highest BCUT2D eigenvalue weighted by Gasteiger charge is 1.98. The van der Waals surface area contributed by atoms with E-state index in [1.807, 2.05) is 14.1 Å². The predicted molar refractivity (Wildman–Crippen MR) is 46.5 cm³/mol. The topological polar surface area (TPSA) is 29.5 Å². The molecule has 0 radical (unpaired) electrons. The maximum Gasteiger partial charge on any atom is 0.319 e. The summed E-state index contributed by atoms with van der Waals surface area (Å²) in [7, 11) is 5.01. The molecule has 0 saturated heterocycles. The molecule has 0 bridgehead atoms. The summed E-state index contributed by atoms with van der Waals surface area (Å²) < 4.78 is 4.38. The van der Waals surface area contributed by atoms with Crippen LogP contribution in [0.4, 0.5) is 0 Å². The second-order valence-corrected chi connectivity index (χ2v) is 2.52. The summed E-state index contributed by atoms with van der Waals surface area (Å²) in [6.45, 7) is 4.61. The Morgan fingerprint density at radius 3 is 1.82 bits per heavy atom. The number of carbonyl (C=O) groups excluding carboxylic acids is 1. The first-order valence-electron chi connectivity index (χ1n) is 3.79. The minimum Gasteiger partial charge on any atom is -0.468 e. The van der Waals surface area contributed by atoms with Crippen LogP contribution in [0, 0.1) is 0 Å². The third-order valence-corrected chi connectivity index (χ3v) is 0.673. The van der Waals surface area contributed by atoms with Crippen molar-refractivity contribution in [2.75, 3.05) is 27.7 Å². The first-order chi connectivity index (χ1) is 5.08. The quantitative estimate of drug-likeness (QED) is 0.569. The lowest BCUT2D eigenvalue weighted by molar-refractivity contribution is -0.141. The third-order valence-electron chi connectivity index (χ3n) is 0.673. The molecule has 3 heteroatoms. The Bertz CT molecular complexity index is 92.1. The van der Waals surface area contributed by atoms with E-state index in [0.29, 0.717) is 6.54 Å². The zero-order valence-corrected chi connectivity index (χ0v) is 8.18. The molecule has 11 heavy (non-hydrogen) atoms. The van der Waals surface area contributed by atoms with Gasteiger partial charge in [0.05, 0.1) is 13.7 Å². The van der Waals surface area contributed by atoms with Crippen LogP contribution in [0.1, 0.15) is 20.3 Å². The Kier molecular flexibility index (Phi) is 11.2. The zero-order valence-electron chi connectivity index (χ0n) is 8.18. The molecule has 0 aliphatic carbocycles. The number of rotatable bonds is 2. The van der Waals surface area contributed by atoms with Crippen LogP contribution in [-0.2, 0) is 9.53 Å². The number of hydrogen-bond donors (Lipinski definition) is 0. The number of carbonyl (C=O) groups is 1. The van der Waals surface area contributed by atoms with Crippen molar-refractivity contribution in [3.8, 4) is 0 Å². The van der Waals surface area contributed by atoms with Crippen molar-refractivity contribution in [2.24, 2.45) is 0 Å². The molecular formula is C8H19NO2. The molecule has 0 fully saturated rings. The van der Waals surface area contributed by atoms with E-state index in [2.05, 4.69) is 18.6 Å². The molecule has 0 saturated carbocycles. The smallest absolute Gasteiger partial charge is 0.319 e. The highest BCUT2D eigenvalue weighted by molar-refractivity contribution is 5.71. The minimum atomic E-state index is -0.199. The summed E-state index contributed by atoms with van der Waals surface area (Å²) in [4.78, 5) is 12.1. The molecule has 0 heterocycles. The lowest BCUT2D eigenvalue weighted by atomic mass is 10.6. The van der Waals surface area contributed by atoms with Crippen molar-refractivity contribution in [3.63, 3.8) is 0 Å². The van der Waals surface area contributed by atoms with Gasteiger partial charge in [-0.05, 0) is 14.1 Å². The van der Waals surface area contributed by atoms with Crippen LogP contribution in [0.15, 0.2) is 0 Å². The summed E-state index contributed by atoms with van der Waals surface area (Å²) in [5.41, 5.74) is 0. The molecule has 0 aromatic carbocycles. The van der Waals surface area contributed by atoms with Gasteiger partial charge in [0.2, 0.25) is 0 Å². The molecule has 0 amide bonds. The average molecular weight is 161 g/mol. The van der Waals surface area contributed by atoms with E-state index in [1.54, 1.807) is 4.90 Å². The van der Waals surface area contributed by atoms with Gasteiger partial charge in [-0.3, -0.25) is 9.69 Å². The van der Waals surface area contributed by atoms with Gasteiger partial charge < -0.3 is 4.74 Å². The van der Waals surface area contributed by atoms with Gasteiger partial charge in [-0.2, -0.15) is 0 Å². The maximum atomic E-state index is 10.4. The fourth-order valence-electron chi connectivity index (χ4n) is 0.323. The van der Waals surface area contributed by atoms with Gasteiger partial charge in [0.15, 0.2) is 0 Å². The molecule has 68 valence electrons. The first kappa shape index (κ1) is 13.1. The van der Waals surface area contributed by atoms with Gasteiger partial charge in [-0.25, -0.2) is 0 Å². The average Bonchev–Trinajstić information content (AvgIpc) is 1.88. The maximum absolute atomic E-state index is 10.4. The van der Waals surface area contributed by atoms with Gasteiger partial charge in [0, 0.05) is 0 Å². The van der Waals surface area contributed by atoms with Crippen molar-refractivity contribution in [3.05, 3.63) is 0 Å². The van der Waals surface area contributed by atoms with E-state index >= 15 is 0 Å². The SMILES string of the molecule is CCC.COC(=O)CN(C)C. The van der Waals surface area contributed by atoms with E-state index in [1.165, 1.54) is 13.5 Å². The standard InChI is InChI=1S/C5H11NO2.C3H8/c1-6(2)4-5(7)8-3;1-3-2/h4H2,1-3H3;3H2,1-2H3. The largest absolute Gasteiger partial charge is 0.468 e. The van der Waals surface area contributed by atoms with Crippen LogP contribution in [0.3, 0.4) is 0 Å². The molecule has 3 nitrogen and oxygen atoms in total. The van der Waals surface area contributed by atoms with E-state index in [9.17, 15) is 4.79 Å². The van der Waals surface area contributed by atoms with Crippen molar-refractivity contribution < 1.29 is 9.53 Å². The van der Waals surface area contributed by atoms with E-state index in [4.69, 9.17) is 0 Å². The number of ether oxygens (including phenoxy) is 1. The summed E-state index contributed by atoms with van der Waals surface area (Å²) in [6, 6.07) is 0. The number of esters is 1. The predicted octanol–water partition coefficient (Wildman–Crippen LogP) is 1.14. The van der Waals surface area contributed by atoms with Crippen LogP contribution in [0.2, 0.25) is 0 Å². The highest BCUT2D eigenvalue weighted by Crippen LogP contribution is 1.75. The van der Waals surface area contributed by atoms with Gasteiger partial charge >= 0.3 is 5.97 Å². The summed E-state index contributed by atoms with van der Waals surface area (Å²) in [5, 5.41) is 0. The van der Waals surface area contributed by atoms with Crippen molar-refractivity contribution in [1.29, 1.82) is 0 Å². The van der Waals surface area contributed by atoms with Gasteiger partial charge in [-0.1, -0.05) is 20.3 Å². The number of nitrogens with zero attached hydrogens (tertiary/aromatic N) is 1. The molecule has 0 aromatic heterocycles. The zero-order chi connectivity index (χ0) is 9.28. The Morgan fingerprint density at radius 1 is 1.36 bits per heavy atom. The number of likely N-dealkylation sites (N-methyl/N-ethyl adjacent to an activating group) is 1. The van der Waals surface area contributed by atoms with E-state index in [-0.39, 0.29) is 5.97 Å². The monoisotopic (exact) mass is 161 g/mol. The molecule has 0 atom stereocenters. The highest BCUT2D eigenvalue weighted by atomic mass is 16.5. The Labute approximate surface area is 69.3 Å². The summed E-state index contributed by atoms with van der Waals surface area (Å²) >= 11 is 0. The first-order valence-corrected chi connectivity index (χ1v) is 3.79. The fourth-order valence-corrected chi connectivity index (χ4v) is 0.323. The van der Waals surface area contributed by atoms with Crippen molar-refractivity contribution in [2.45, 2.75) is 20.3 Å². The Balaban J connectivity index is 0. The van der Waals surface area contributed by atoms with E-state index in [0.717, 1.165) is 0 Å². The Morgan fingerprint density at radius 2 is 1.73 bits per heavy atom. The van der Waals surface area contributed by atoms with Crippen LogP contribution >= 0.6 is 0 Å². The minimum absolute atomic E-state index is 0.199. The summed E-state index contributed by atoms with van der Waals surface area (Å²) in [6.07, 6.45) is 1.25.